The van der Waals surface area contributed by atoms with Gasteiger partial charge in [0.25, 0.3) is 0 Å². The molecule has 102 valence electrons. The molecule has 0 unspecified atom stereocenters. The number of rotatable bonds is 6. The van der Waals surface area contributed by atoms with Crippen molar-refractivity contribution in [3.8, 4) is 0 Å². The number of Topliss-reactive ketones (excluding diaryl/α,β-unsaturated/α-hetero) is 2. The Morgan fingerprint density at radius 3 is 1.18 bits per heavy atom. The summed E-state index contributed by atoms with van der Waals surface area (Å²) in [5, 5.41) is 0. The van der Waals surface area contributed by atoms with E-state index in [0.717, 1.165) is 0 Å². The molecule has 0 aliphatic carbocycles. The molecule has 0 spiro atoms. The molecule has 0 aliphatic rings. The van der Waals surface area contributed by atoms with Crippen molar-refractivity contribution in [3.05, 3.63) is 0 Å². The van der Waals surface area contributed by atoms with Gasteiger partial charge in [0.1, 0.15) is 11.6 Å². The van der Waals surface area contributed by atoms with Crippen LogP contribution in [0.1, 0.15) is 67.2 Å². The molecule has 2 radical (unpaired) electrons. The van der Waals surface area contributed by atoms with Gasteiger partial charge in [-0.25, -0.2) is 0 Å². The summed E-state index contributed by atoms with van der Waals surface area (Å²) in [4.78, 5) is 18.9. The van der Waals surface area contributed by atoms with Gasteiger partial charge in [0.15, 0.2) is 0 Å². The van der Waals surface area contributed by atoms with Crippen molar-refractivity contribution in [1.29, 1.82) is 0 Å². The second-order valence-corrected chi connectivity index (χ2v) is 8.55. The molecule has 0 aromatic heterocycles. The fourth-order valence-corrected chi connectivity index (χ4v) is 4.89. The van der Waals surface area contributed by atoms with Gasteiger partial charge in [-0.05, 0) is 27.7 Å². The summed E-state index contributed by atoms with van der Waals surface area (Å²) in [5.41, 5.74) is 0. The van der Waals surface area contributed by atoms with E-state index in [1.807, 2.05) is 0 Å². The molecule has 0 aromatic carbocycles. The van der Waals surface area contributed by atoms with Crippen molar-refractivity contribution in [2.75, 3.05) is 0 Å². The van der Waals surface area contributed by atoms with Gasteiger partial charge in [-0.3, -0.25) is 0 Å². The molecule has 0 heterocycles. The molecule has 0 fully saturated rings. The second kappa shape index (κ2) is 21.4. The summed E-state index contributed by atoms with van der Waals surface area (Å²) < 4.78 is 3.25. The topological polar surface area (TPSA) is 34.1 Å². The van der Waals surface area contributed by atoms with E-state index >= 15 is 0 Å². The zero-order chi connectivity index (χ0) is 14.1. The fourth-order valence-electron chi connectivity index (χ4n) is 0.729. The van der Waals surface area contributed by atoms with Crippen LogP contribution in [0.25, 0.3) is 0 Å². The summed E-state index contributed by atoms with van der Waals surface area (Å²) in [6, 6.07) is 0. The van der Waals surface area contributed by atoms with E-state index < -0.39 is 0 Å². The third kappa shape index (κ3) is 85.6. The number of unbranched alkanes of at least 4 members (excludes halogenated alkanes) is 2. The van der Waals surface area contributed by atoms with E-state index in [0.29, 0.717) is 0 Å². The van der Waals surface area contributed by atoms with Crippen molar-refractivity contribution < 1.29 is 9.59 Å². The van der Waals surface area contributed by atoms with Gasteiger partial charge in [-0.15, -0.1) is 0 Å². The average molecular weight is 349 g/mol. The number of hydrogen-bond acceptors (Lipinski definition) is 2. The molecule has 0 bridgehead atoms. The minimum absolute atomic E-state index is 0.149. The van der Waals surface area contributed by atoms with Crippen LogP contribution in [0.4, 0.5) is 0 Å². The first kappa shape index (κ1) is 22.3. The van der Waals surface area contributed by atoms with E-state index in [-0.39, 0.29) is 32.7 Å². The van der Waals surface area contributed by atoms with Gasteiger partial charge in [0.05, 0.1) is 0 Å². The zero-order valence-electron chi connectivity index (χ0n) is 12.6. The molecule has 0 rings (SSSR count). The Hall–Kier alpha value is 0.139. The van der Waals surface area contributed by atoms with Crippen molar-refractivity contribution in [2.24, 2.45) is 0 Å². The quantitative estimate of drug-likeness (QED) is 0.529. The average Bonchev–Trinajstić information content (AvgIpc) is 2.16. The maximum atomic E-state index is 9.44. The third-order valence-electron chi connectivity index (χ3n) is 1.41. The first-order valence-electron chi connectivity index (χ1n) is 6.53. The SMILES string of the molecule is CC(C)=O.CC(C)=O.CCC[CH2][Sn][CH2]CCC. The molecule has 0 N–H and O–H groups in total. The Labute approximate surface area is 118 Å². The van der Waals surface area contributed by atoms with Gasteiger partial charge in [-0.2, -0.15) is 0 Å². The van der Waals surface area contributed by atoms with Crippen LogP contribution < -0.4 is 0 Å². The summed E-state index contributed by atoms with van der Waals surface area (Å²) in [5.74, 6) is 0.333. The van der Waals surface area contributed by atoms with E-state index in [1.54, 1.807) is 8.87 Å². The van der Waals surface area contributed by atoms with Crippen LogP contribution in [0.15, 0.2) is 0 Å². The third-order valence-corrected chi connectivity index (χ3v) is 5.45. The van der Waals surface area contributed by atoms with Crippen LogP contribution >= 0.6 is 0 Å². The number of carbonyl (C=O) groups excluding carboxylic acids is 2. The Morgan fingerprint density at radius 1 is 0.765 bits per heavy atom. The molecule has 0 saturated heterocycles. The first-order chi connectivity index (χ1) is 7.88. The fraction of sp³-hybridized carbons (Fsp3) is 0.857. The summed E-state index contributed by atoms with van der Waals surface area (Å²) >= 11 is 0.149. The summed E-state index contributed by atoms with van der Waals surface area (Å²) in [6.45, 7) is 10.7. The molecular weight excluding hydrogens is 319 g/mol. The van der Waals surface area contributed by atoms with E-state index in [1.165, 1.54) is 53.4 Å². The molecule has 0 atom stereocenters. The maximum absolute atomic E-state index is 9.44. The Morgan fingerprint density at radius 2 is 1.00 bits per heavy atom. The zero-order valence-corrected chi connectivity index (χ0v) is 15.4. The van der Waals surface area contributed by atoms with Crippen molar-refractivity contribution in [2.45, 2.75) is 76.1 Å². The number of ketones is 2. The van der Waals surface area contributed by atoms with Crippen LogP contribution in [0, 0.1) is 0 Å². The molecule has 0 aliphatic heterocycles. The molecule has 2 nitrogen and oxygen atoms in total. The van der Waals surface area contributed by atoms with Gasteiger partial charge in [0.2, 0.25) is 0 Å². The van der Waals surface area contributed by atoms with Gasteiger partial charge >= 0.3 is 69.5 Å². The molecule has 0 saturated carbocycles. The summed E-state index contributed by atoms with van der Waals surface area (Å²) in [6.07, 6.45) is 5.84. The molecule has 3 heteroatoms. The standard InChI is InChI=1S/2C4H9.2C3H6O.Sn/c2*1-3-4-2;2*1-3(2)4;/h2*1,3-4H2,2H3;2*1-2H3;. The monoisotopic (exact) mass is 350 g/mol. The molecule has 17 heavy (non-hydrogen) atoms. The normalized spacial score (nSPS) is 8.35. The molecule has 0 amide bonds. The van der Waals surface area contributed by atoms with Gasteiger partial charge in [0, 0.05) is 0 Å². The van der Waals surface area contributed by atoms with Gasteiger partial charge in [-0.1, -0.05) is 0 Å². The van der Waals surface area contributed by atoms with Crippen LogP contribution in [-0.2, 0) is 9.59 Å². The first-order valence-corrected chi connectivity index (χ1v) is 10.6. The van der Waals surface area contributed by atoms with E-state index in [4.69, 9.17) is 0 Å². The van der Waals surface area contributed by atoms with E-state index in [2.05, 4.69) is 13.8 Å². The number of carbonyl (C=O) groups is 2. The van der Waals surface area contributed by atoms with Crippen LogP contribution in [-0.4, -0.2) is 32.7 Å². The second-order valence-electron chi connectivity index (χ2n) is 4.27. The summed E-state index contributed by atoms with van der Waals surface area (Å²) in [7, 11) is 0. The predicted octanol–water partition coefficient (Wildman–Crippen LogP) is 4.32. The van der Waals surface area contributed by atoms with E-state index in [9.17, 15) is 9.59 Å². The Bertz CT molecular complexity index is 142. The van der Waals surface area contributed by atoms with Crippen LogP contribution in [0.3, 0.4) is 0 Å². The molecular formula is C14H30O2Sn. The minimum atomic E-state index is 0.149. The van der Waals surface area contributed by atoms with Crippen molar-refractivity contribution in [1.82, 2.24) is 0 Å². The Kier molecular flexibility index (Phi) is 28.1. The van der Waals surface area contributed by atoms with Crippen LogP contribution in [0.2, 0.25) is 8.87 Å². The number of hydrogen-bond donors (Lipinski definition) is 0. The van der Waals surface area contributed by atoms with Gasteiger partial charge < -0.3 is 9.59 Å². The molecule has 0 aromatic rings. The Balaban J connectivity index is -0.000000205. The van der Waals surface area contributed by atoms with Crippen LogP contribution in [0.5, 0.6) is 0 Å². The predicted molar refractivity (Wildman–Crippen MR) is 77.9 cm³/mol. The van der Waals surface area contributed by atoms with Crippen molar-refractivity contribution in [3.63, 3.8) is 0 Å². The van der Waals surface area contributed by atoms with Crippen molar-refractivity contribution >= 4 is 32.7 Å².